The molecule has 2 aromatic heterocycles. The fourth-order valence-corrected chi connectivity index (χ4v) is 2.02. The lowest BCUT2D eigenvalue weighted by atomic mass is 10.2. The molecule has 0 fully saturated rings. The molecule has 0 aliphatic carbocycles. The highest BCUT2D eigenvalue weighted by Gasteiger charge is 2.07. The lowest BCUT2D eigenvalue weighted by molar-refractivity contribution is 0.509. The number of hydrogen-bond acceptors (Lipinski definition) is 5. The molecule has 0 amide bonds. The van der Waals surface area contributed by atoms with Gasteiger partial charge in [0.25, 0.3) is 0 Å². The molecule has 2 heterocycles. The molecule has 0 saturated carbocycles. The zero-order chi connectivity index (χ0) is 14.5. The van der Waals surface area contributed by atoms with Gasteiger partial charge in [-0.3, -0.25) is 4.98 Å². The van der Waals surface area contributed by atoms with Gasteiger partial charge in [-0.2, -0.15) is 0 Å². The van der Waals surface area contributed by atoms with Crippen LogP contribution in [0.4, 0.5) is 5.69 Å². The zero-order valence-electron chi connectivity index (χ0n) is 11.8. The lowest BCUT2D eigenvalue weighted by Crippen LogP contribution is -2.05. The number of nitrogens with one attached hydrogen (secondary N) is 1. The minimum absolute atomic E-state index is 0.561. The third kappa shape index (κ3) is 3.45. The van der Waals surface area contributed by atoms with Gasteiger partial charge in [0.2, 0.25) is 11.8 Å². The Kier molecular flexibility index (Phi) is 3.91. The standard InChI is InChI=1S/C16H16N4O/c1-12-11-14(7-9-17-12)18-10-8-15-19-20-16(21-15)13-5-3-2-4-6-13/h2-7,9,11H,8,10H2,1H3,(H,17,18). The van der Waals surface area contributed by atoms with Crippen LogP contribution in [0.2, 0.25) is 0 Å². The van der Waals surface area contributed by atoms with Gasteiger partial charge in [-0.1, -0.05) is 18.2 Å². The van der Waals surface area contributed by atoms with Crippen molar-refractivity contribution in [2.45, 2.75) is 13.3 Å². The number of pyridine rings is 1. The molecule has 3 aromatic rings. The van der Waals surface area contributed by atoms with Crippen molar-refractivity contribution >= 4 is 5.69 Å². The number of rotatable bonds is 5. The molecule has 106 valence electrons. The van der Waals surface area contributed by atoms with E-state index in [-0.39, 0.29) is 0 Å². The molecular weight excluding hydrogens is 264 g/mol. The summed E-state index contributed by atoms with van der Waals surface area (Å²) in [4.78, 5) is 4.16. The Morgan fingerprint density at radius 2 is 1.95 bits per heavy atom. The molecule has 0 aliphatic rings. The first-order valence-electron chi connectivity index (χ1n) is 6.85. The first kappa shape index (κ1) is 13.3. The Bertz CT molecular complexity index is 709. The van der Waals surface area contributed by atoms with E-state index >= 15 is 0 Å². The maximum Gasteiger partial charge on any atom is 0.247 e. The van der Waals surface area contributed by atoms with Crippen LogP contribution in [0.3, 0.4) is 0 Å². The Morgan fingerprint density at radius 1 is 1.10 bits per heavy atom. The van der Waals surface area contributed by atoms with E-state index in [0.29, 0.717) is 18.2 Å². The van der Waals surface area contributed by atoms with Gasteiger partial charge in [0, 0.05) is 36.1 Å². The predicted molar refractivity (Wildman–Crippen MR) is 80.9 cm³/mol. The molecule has 0 aliphatic heterocycles. The molecule has 0 unspecified atom stereocenters. The maximum absolute atomic E-state index is 5.66. The lowest BCUT2D eigenvalue weighted by Gasteiger charge is -2.04. The van der Waals surface area contributed by atoms with Gasteiger partial charge in [0.05, 0.1) is 0 Å². The van der Waals surface area contributed by atoms with E-state index in [1.165, 1.54) is 0 Å². The summed E-state index contributed by atoms with van der Waals surface area (Å²) in [5.41, 5.74) is 2.98. The summed E-state index contributed by atoms with van der Waals surface area (Å²) in [7, 11) is 0. The highest BCUT2D eigenvalue weighted by atomic mass is 16.4. The smallest absolute Gasteiger partial charge is 0.247 e. The van der Waals surface area contributed by atoms with Crippen LogP contribution in [0, 0.1) is 6.92 Å². The number of benzene rings is 1. The van der Waals surface area contributed by atoms with Crippen molar-refractivity contribution in [2.24, 2.45) is 0 Å². The Morgan fingerprint density at radius 3 is 2.76 bits per heavy atom. The van der Waals surface area contributed by atoms with E-state index in [1.54, 1.807) is 6.20 Å². The van der Waals surface area contributed by atoms with Gasteiger partial charge in [-0.15, -0.1) is 10.2 Å². The zero-order valence-corrected chi connectivity index (χ0v) is 11.8. The van der Waals surface area contributed by atoms with Crippen molar-refractivity contribution in [1.29, 1.82) is 0 Å². The van der Waals surface area contributed by atoms with Gasteiger partial charge in [0.1, 0.15) is 0 Å². The van der Waals surface area contributed by atoms with E-state index in [2.05, 4.69) is 20.5 Å². The average molecular weight is 280 g/mol. The largest absolute Gasteiger partial charge is 0.421 e. The van der Waals surface area contributed by atoms with E-state index in [4.69, 9.17) is 4.42 Å². The van der Waals surface area contributed by atoms with Gasteiger partial charge >= 0.3 is 0 Å². The number of anilines is 1. The quantitative estimate of drug-likeness (QED) is 0.778. The van der Waals surface area contributed by atoms with Crippen molar-refractivity contribution in [1.82, 2.24) is 15.2 Å². The number of nitrogens with zero attached hydrogens (tertiary/aromatic N) is 3. The normalized spacial score (nSPS) is 10.5. The fourth-order valence-electron chi connectivity index (χ4n) is 2.02. The van der Waals surface area contributed by atoms with Crippen LogP contribution < -0.4 is 5.32 Å². The summed E-state index contributed by atoms with van der Waals surface area (Å²) in [6.45, 7) is 2.70. The van der Waals surface area contributed by atoms with Crippen molar-refractivity contribution in [3.05, 3.63) is 60.2 Å². The molecule has 5 nitrogen and oxygen atoms in total. The van der Waals surface area contributed by atoms with Gasteiger partial charge in [0.15, 0.2) is 0 Å². The minimum atomic E-state index is 0.561. The van der Waals surface area contributed by atoms with Crippen LogP contribution in [0.5, 0.6) is 0 Å². The second-order valence-electron chi connectivity index (χ2n) is 4.73. The number of hydrogen-bond donors (Lipinski definition) is 1. The molecular formula is C16H16N4O. The number of aryl methyl sites for hydroxylation is 1. The van der Waals surface area contributed by atoms with Crippen LogP contribution in [-0.2, 0) is 6.42 Å². The maximum atomic E-state index is 5.66. The van der Waals surface area contributed by atoms with Gasteiger partial charge in [-0.25, -0.2) is 0 Å². The summed E-state index contributed by atoms with van der Waals surface area (Å²) < 4.78 is 5.66. The van der Waals surface area contributed by atoms with Gasteiger partial charge in [-0.05, 0) is 31.2 Å². The second kappa shape index (κ2) is 6.17. The first-order chi connectivity index (χ1) is 10.3. The van der Waals surface area contributed by atoms with Crippen molar-refractivity contribution in [2.75, 3.05) is 11.9 Å². The first-order valence-corrected chi connectivity index (χ1v) is 6.85. The summed E-state index contributed by atoms with van der Waals surface area (Å²) in [6, 6.07) is 13.7. The molecule has 3 rings (SSSR count). The van der Waals surface area contributed by atoms with E-state index in [9.17, 15) is 0 Å². The highest BCUT2D eigenvalue weighted by molar-refractivity contribution is 5.51. The number of aromatic nitrogens is 3. The second-order valence-corrected chi connectivity index (χ2v) is 4.73. The van der Waals surface area contributed by atoms with Crippen molar-refractivity contribution in [3.63, 3.8) is 0 Å². The van der Waals surface area contributed by atoms with Gasteiger partial charge < -0.3 is 9.73 Å². The molecule has 5 heteroatoms. The molecule has 1 N–H and O–H groups in total. The molecule has 1 aromatic carbocycles. The van der Waals surface area contributed by atoms with Crippen molar-refractivity contribution in [3.8, 4) is 11.5 Å². The molecule has 0 bridgehead atoms. The fraction of sp³-hybridized carbons (Fsp3) is 0.188. The highest BCUT2D eigenvalue weighted by Crippen LogP contribution is 2.17. The third-order valence-corrected chi connectivity index (χ3v) is 3.05. The summed E-state index contributed by atoms with van der Waals surface area (Å²) in [5.74, 6) is 1.19. The van der Waals surface area contributed by atoms with Crippen LogP contribution in [0.1, 0.15) is 11.6 Å². The molecule has 0 saturated heterocycles. The van der Waals surface area contributed by atoms with E-state index < -0.39 is 0 Å². The summed E-state index contributed by atoms with van der Waals surface area (Å²) in [5, 5.41) is 11.5. The van der Waals surface area contributed by atoms with Crippen molar-refractivity contribution < 1.29 is 4.42 Å². The molecule has 0 radical (unpaired) electrons. The Labute approximate surface area is 123 Å². The van der Waals surface area contributed by atoms with E-state index in [1.807, 2.05) is 49.4 Å². The molecule has 0 atom stereocenters. The van der Waals surface area contributed by atoms with Crippen LogP contribution in [-0.4, -0.2) is 21.7 Å². The molecule has 21 heavy (non-hydrogen) atoms. The minimum Gasteiger partial charge on any atom is -0.421 e. The van der Waals surface area contributed by atoms with E-state index in [0.717, 1.165) is 23.5 Å². The Balaban J connectivity index is 1.58. The molecule has 0 spiro atoms. The summed E-state index contributed by atoms with van der Waals surface area (Å²) >= 11 is 0. The average Bonchev–Trinajstić information content (AvgIpc) is 2.97. The predicted octanol–water partition coefficient (Wildman–Crippen LogP) is 3.09. The summed E-state index contributed by atoms with van der Waals surface area (Å²) in [6.07, 6.45) is 2.47. The van der Waals surface area contributed by atoms with Crippen LogP contribution >= 0.6 is 0 Å². The monoisotopic (exact) mass is 280 g/mol. The Hall–Kier alpha value is -2.69. The van der Waals surface area contributed by atoms with Crippen LogP contribution in [0.15, 0.2) is 53.1 Å². The van der Waals surface area contributed by atoms with Crippen LogP contribution in [0.25, 0.3) is 11.5 Å². The SMILES string of the molecule is Cc1cc(NCCc2nnc(-c3ccccc3)o2)ccn1. The third-order valence-electron chi connectivity index (χ3n) is 3.05. The topological polar surface area (TPSA) is 63.8 Å².